The Hall–Kier alpha value is -2.78. The van der Waals surface area contributed by atoms with Gasteiger partial charge >= 0.3 is 6.01 Å². The summed E-state index contributed by atoms with van der Waals surface area (Å²) in [6.07, 6.45) is 5.00. The lowest BCUT2D eigenvalue weighted by atomic mass is 10.1. The summed E-state index contributed by atoms with van der Waals surface area (Å²) < 4.78 is 6.62. The van der Waals surface area contributed by atoms with Crippen LogP contribution in [0.3, 0.4) is 0 Å². The van der Waals surface area contributed by atoms with E-state index in [-0.39, 0.29) is 24.2 Å². The number of anilines is 1. The van der Waals surface area contributed by atoms with Gasteiger partial charge in [0, 0.05) is 20.1 Å². The lowest BCUT2D eigenvalue weighted by Crippen LogP contribution is -2.32. The van der Waals surface area contributed by atoms with Gasteiger partial charge in [-0.3, -0.25) is 9.48 Å². The Labute approximate surface area is 139 Å². The Morgan fingerprint density at radius 3 is 2.71 bits per heavy atom. The summed E-state index contributed by atoms with van der Waals surface area (Å²) in [6.45, 7) is 1.99. The van der Waals surface area contributed by atoms with Crippen LogP contribution in [0.4, 0.5) is 5.95 Å². The third-order valence-electron chi connectivity index (χ3n) is 3.71. The van der Waals surface area contributed by atoms with Crippen LogP contribution in [0.1, 0.15) is 35.6 Å². The summed E-state index contributed by atoms with van der Waals surface area (Å²) in [5.74, 6) is 0.701. The standard InChI is InChI=1S/C14H20N8O2/c1-21-9-10(19-20-21)12(23)15-8-11-16-13(18-14(17-11)24-2)22-6-4-3-5-7-22/h9H,3-8H2,1-2H3,(H,15,23). The highest BCUT2D eigenvalue weighted by Gasteiger charge is 2.17. The zero-order chi connectivity index (χ0) is 16.9. The molecule has 0 spiro atoms. The highest BCUT2D eigenvalue weighted by Crippen LogP contribution is 2.17. The fourth-order valence-electron chi connectivity index (χ4n) is 2.49. The lowest BCUT2D eigenvalue weighted by Gasteiger charge is -2.26. The van der Waals surface area contributed by atoms with Crippen molar-refractivity contribution in [3.63, 3.8) is 0 Å². The number of rotatable bonds is 5. The second-order valence-electron chi connectivity index (χ2n) is 5.55. The van der Waals surface area contributed by atoms with E-state index < -0.39 is 0 Å². The molecule has 0 atom stereocenters. The minimum absolute atomic E-state index is 0.162. The number of nitrogens with zero attached hydrogens (tertiary/aromatic N) is 7. The molecule has 0 bridgehead atoms. The van der Waals surface area contributed by atoms with Crippen LogP contribution in [0.5, 0.6) is 6.01 Å². The number of ether oxygens (including phenoxy) is 1. The second-order valence-corrected chi connectivity index (χ2v) is 5.55. The van der Waals surface area contributed by atoms with Gasteiger partial charge in [0.2, 0.25) is 5.95 Å². The summed E-state index contributed by atoms with van der Waals surface area (Å²) in [6, 6.07) is 0.245. The van der Waals surface area contributed by atoms with Crippen LogP contribution in [-0.2, 0) is 13.6 Å². The first-order valence-electron chi connectivity index (χ1n) is 7.84. The van der Waals surface area contributed by atoms with Crippen LogP contribution in [0.2, 0.25) is 0 Å². The highest BCUT2D eigenvalue weighted by atomic mass is 16.5. The monoisotopic (exact) mass is 332 g/mol. The zero-order valence-corrected chi connectivity index (χ0v) is 13.8. The predicted molar refractivity (Wildman–Crippen MR) is 84.6 cm³/mol. The van der Waals surface area contributed by atoms with Gasteiger partial charge < -0.3 is 15.0 Å². The summed E-state index contributed by atoms with van der Waals surface area (Å²) in [5.41, 5.74) is 0.245. The molecule has 1 N–H and O–H groups in total. The number of aromatic nitrogens is 6. The van der Waals surface area contributed by atoms with Crippen molar-refractivity contribution < 1.29 is 9.53 Å². The number of amides is 1. The van der Waals surface area contributed by atoms with Crippen LogP contribution in [0.15, 0.2) is 6.20 Å². The summed E-state index contributed by atoms with van der Waals surface area (Å²) in [5, 5.41) is 10.2. The summed E-state index contributed by atoms with van der Waals surface area (Å²) in [4.78, 5) is 27.1. The summed E-state index contributed by atoms with van der Waals surface area (Å²) >= 11 is 0. The van der Waals surface area contributed by atoms with Crippen molar-refractivity contribution in [2.24, 2.45) is 7.05 Å². The molecule has 3 rings (SSSR count). The van der Waals surface area contributed by atoms with Crippen LogP contribution in [0, 0.1) is 0 Å². The minimum atomic E-state index is -0.331. The van der Waals surface area contributed by atoms with E-state index in [4.69, 9.17) is 4.74 Å². The van der Waals surface area contributed by atoms with Crippen molar-refractivity contribution in [3.05, 3.63) is 17.7 Å². The largest absolute Gasteiger partial charge is 0.467 e. The van der Waals surface area contributed by atoms with Gasteiger partial charge in [-0.15, -0.1) is 5.10 Å². The Kier molecular flexibility index (Phi) is 4.82. The average molecular weight is 332 g/mol. The fraction of sp³-hybridized carbons (Fsp3) is 0.571. The van der Waals surface area contributed by atoms with Crippen molar-refractivity contribution in [1.82, 2.24) is 35.3 Å². The molecule has 10 nitrogen and oxygen atoms in total. The molecule has 1 amide bonds. The normalized spacial score (nSPS) is 14.5. The van der Waals surface area contributed by atoms with Crippen molar-refractivity contribution in [3.8, 4) is 6.01 Å². The number of hydrogen-bond acceptors (Lipinski definition) is 8. The molecule has 10 heteroatoms. The molecule has 0 saturated carbocycles. The van der Waals surface area contributed by atoms with Crippen LogP contribution < -0.4 is 15.0 Å². The molecule has 0 unspecified atom stereocenters. The van der Waals surface area contributed by atoms with Crippen molar-refractivity contribution in [2.75, 3.05) is 25.1 Å². The smallest absolute Gasteiger partial charge is 0.321 e. The molecule has 128 valence electrons. The van der Waals surface area contributed by atoms with Gasteiger partial charge in [-0.2, -0.15) is 15.0 Å². The van der Waals surface area contributed by atoms with E-state index in [9.17, 15) is 4.79 Å². The van der Waals surface area contributed by atoms with E-state index in [0.29, 0.717) is 11.8 Å². The van der Waals surface area contributed by atoms with Crippen molar-refractivity contribution in [1.29, 1.82) is 0 Å². The maximum atomic E-state index is 12.0. The van der Waals surface area contributed by atoms with E-state index in [2.05, 4.69) is 35.5 Å². The molecule has 3 heterocycles. The molecule has 0 aromatic carbocycles. The third kappa shape index (κ3) is 3.76. The Bertz CT molecular complexity index is 711. The Morgan fingerprint density at radius 1 is 1.25 bits per heavy atom. The van der Waals surface area contributed by atoms with E-state index in [1.165, 1.54) is 18.2 Å². The predicted octanol–water partition coefficient (Wildman–Crippen LogP) is -0.0710. The maximum absolute atomic E-state index is 12.0. The molecular formula is C14H20N8O2. The molecule has 2 aromatic heterocycles. The first-order valence-corrected chi connectivity index (χ1v) is 7.84. The first kappa shape index (κ1) is 16.1. The van der Waals surface area contributed by atoms with Crippen molar-refractivity contribution >= 4 is 11.9 Å². The van der Waals surface area contributed by atoms with Gasteiger partial charge in [0.25, 0.3) is 5.91 Å². The SMILES string of the molecule is COc1nc(CNC(=O)c2cn(C)nn2)nc(N2CCCCC2)n1. The summed E-state index contributed by atoms with van der Waals surface area (Å²) in [7, 11) is 3.21. The first-order chi connectivity index (χ1) is 11.7. The number of hydrogen-bond donors (Lipinski definition) is 1. The van der Waals surface area contributed by atoms with Crippen LogP contribution in [0.25, 0.3) is 0 Å². The number of nitrogens with one attached hydrogen (secondary N) is 1. The van der Waals surface area contributed by atoms with E-state index in [1.807, 2.05) is 0 Å². The molecule has 1 fully saturated rings. The van der Waals surface area contributed by atoms with Crippen LogP contribution in [-0.4, -0.2) is 56.1 Å². The topological polar surface area (TPSA) is 111 Å². The fourth-order valence-corrected chi connectivity index (χ4v) is 2.49. The van der Waals surface area contributed by atoms with Gasteiger partial charge in [-0.1, -0.05) is 5.21 Å². The molecule has 0 radical (unpaired) electrons. The van der Waals surface area contributed by atoms with Gasteiger partial charge in [-0.25, -0.2) is 0 Å². The van der Waals surface area contributed by atoms with Gasteiger partial charge in [0.1, 0.15) is 0 Å². The van der Waals surface area contributed by atoms with E-state index >= 15 is 0 Å². The highest BCUT2D eigenvalue weighted by molar-refractivity contribution is 5.91. The number of methoxy groups -OCH3 is 1. The molecule has 1 saturated heterocycles. The molecule has 1 aliphatic heterocycles. The average Bonchev–Trinajstić information content (AvgIpc) is 3.06. The molecule has 24 heavy (non-hydrogen) atoms. The molecule has 1 aliphatic rings. The van der Waals surface area contributed by atoms with Crippen LogP contribution >= 0.6 is 0 Å². The molecular weight excluding hydrogens is 312 g/mol. The number of piperidine rings is 1. The van der Waals surface area contributed by atoms with Gasteiger partial charge in [0.05, 0.1) is 19.9 Å². The molecule has 2 aromatic rings. The van der Waals surface area contributed by atoms with E-state index in [1.54, 1.807) is 13.2 Å². The quantitative estimate of drug-likeness (QED) is 0.810. The second kappa shape index (κ2) is 7.20. The zero-order valence-electron chi connectivity index (χ0n) is 13.8. The molecule has 0 aliphatic carbocycles. The number of carbonyl (C=O) groups excluding carboxylic acids is 1. The number of carbonyl (C=O) groups is 1. The minimum Gasteiger partial charge on any atom is -0.467 e. The number of aryl methyl sites for hydroxylation is 1. The Balaban J connectivity index is 1.71. The van der Waals surface area contributed by atoms with Crippen molar-refractivity contribution in [2.45, 2.75) is 25.8 Å². The van der Waals surface area contributed by atoms with Gasteiger partial charge in [-0.05, 0) is 19.3 Å². The maximum Gasteiger partial charge on any atom is 0.321 e. The van der Waals surface area contributed by atoms with Gasteiger partial charge in [0.15, 0.2) is 11.5 Å². The lowest BCUT2D eigenvalue weighted by molar-refractivity contribution is 0.0944. The third-order valence-corrected chi connectivity index (χ3v) is 3.71. The van der Waals surface area contributed by atoms with E-state index in [0.717, 1.165) is 25.9 Å². The Morgan fingerprint density at radius 2 is 2.04 bits per heavy atom.